The number of aryl methyl sites for hydroxylation is 2. The number of carbonyl (C=O) groups excluding carboxylic acids is 1. The van der Waals surface area contributed by atoms with Gasteiger partial charge in [0.05, 0.1) is 12.8 Å². The zero-order valence-corrected chi connectivity index (χ0v) is 13.7. The van der Waals surface area contributed by atoms with Gasteiger partial charge in [-0.25, -0.2) is 4.98 Å². The van der Waals surface area contributed by atoms with Crippen LogP contribution in [0.4, 0.5) is 5.69 Å². The molecule has 1 N–H and O–H groups in total. The largest absolute Gasteiger partial charge is 0.495 e. The summed E-state index contributed by atoms with van der Waals surface area (Å²) in [6.45, 7) is 3.82. The molecule has 6 heteroatoms. The summed E-state index contributed by atoms with van der Waals surface area (Å²) in [5, 5.41) is 2.72. The highest BCUT2D eigenvalue weighted by molar-refractivity contribution is 6.04. The van der Waals surface area contributed by atoms with E-state index < -0.39 is 11.5 Å². The molecule has 3 aromatic rings. The fraction of sp³-hybridized carbons (Fsp3) is 0.167. The van der Waals surface area contributed by atoms with Crippen LogP contribution in [0.2, 0.25) is 0 Å². The second-order valence-corrected chi connectivity index (χ2v) is 5.57. The summed E-state index contributed by atoms with van der Waals surface area (Å²) in [7, 11) is 1.52. The van der Waals surface area contributed by atoms with Crippen LogP contribution in [0.5, 0.6) is 5.75 Å². The quantitative estimate of drug-likeness (QED) is 0.804. The minimum absolute atomic E-state index is 0.0279. The van der Waals surface area contributed by atoms with Crippen LogP contribution in [0.15, 0.2) is 47.5 Å². The van der Waals surface area contributed by atoms with E-state index >= 15 is 0 Å². The van der Waals surface area contributed by atoms with Crippen molar-refractivity contribution in [2.75, 3.05) is 12.4 Å². The van der Waals surface area contributed by atoms with Gasteiger partial charge in [0.15, 0.2) is 0 Å². The standard InChI is InChI=1S/C18H17N3O3/c1-11-4-5-15(24-3)14(8-11)20-17(22)13-10-19-16-9-12(2)6-7-21(16)18(13)23/h4-10H,1-3H3,(H,20,22). The van der Waals surface area contributed by atoms with Gasteiger partial charge >= 0.3 is 0 Å². The van der Waals surface area contributed by atoms with Crippen LogP contribution in [-0.2, 0) is 0 Å². The fourth-order valence-electron chi connectivity index (χ4n) is 2.44. The van der Waals surface area contributed by atoms with Crippen molar-refractivity contribution >= 4 is 17.2 Å². The van der Waals surface area contributed by atoms with Crippen LogP contribution in [0.3, 0.4) is 0 Å². The molecular formula is C18H17N3O3. The lowest BCUT2D eigenvalue weighted by Crippen LogP contribution is -2.26. The van der Waals surface area contributed by atoms with Gasteiger partial charge in [-0.15, -0.1) is 0 Å². The Balaban J connectivity index is 2.01. The van der Waals surface area contributed by atoms with Gasteiger partial charge in [-0.05, 0) is 49.2 Å². The molecule has 0 spiro atoms. The van der Waals surface area contributed by atoms with E-state index in [0.29, 0.717) is 17.1 Å². The number of anilines is 1. The molecular weight excluding hydrogens is 306 g/mol. The molecule has 2 aromatic heterocycles. The first-order valence-corrected chi connectivity index (χ1v) is 7.43. The van der Waals surface area contributed by atoms with Gasteiger partial charge in [0.2, 0.25) is 0 Å². The number of carbonyl (C=O) groups is 1. The average molecular weight is 323 g/mol. The monoisotopic (exact) mass is 323 g/mol. The lowest BCUT2D eigenvalue weighted by atomic mass is 10.2. The number of hydrogen-bond acceptors (Lipinski definition) is 4. The molecule has 0 aliphatic rings. The molecule has 2 heterocycles. The van der Waals surface area contributed by atoms with Crippen molar-refractivity contribution in [2.24, 2.45) is 0 Å². The van der Waals surface area contributed by atoms with Crippen molar-refractivity contribution in [3.63, 3.8) is 0 Å². The molecule has 0 saturated heterocycles. The Morgan fingerprint density at radius 1 is 1.17 bits per heavy atom. The average Bonchev–Trinajstić information content (AvgIpc) is 2.55. The van der Waals surface area contributed by atoms with E-state index in [1.165, 1.54) is 17.7 Å². The second-order valence-electron chi connectivity index (χ2n) is 5.57. The zero-order chi connectivity index (χ0) is 17.3. The maximum Gasteiger partial charge on any atom is 0.270 e. The highest BCUT2D eigenvalue weighted by Gasteiger charge is 2.15. The first-order valence-electron chi connectivity index (χ1n) is 7.43. The normalized spacial score (nSPS) is 10.6. The summed E-state index contributed by atoms with van der Waals surface area (Å²) in [4.78, 5) is 29.2. The number of rotatable bonds is 3. The van der Waals surface area contributed by atoms with Crippen LogP contribution in [0.1, 0.15) is 21.5 Å². The van der Waals surface area contributed by atoms with Crippen molar-refractivity contribution in [1.82, 2.24) is 9.38 Å². The van der Waals surface area contributed by atoms with E-state index in [2.05, 4.69) is 10.3 Å². The number of methoxy groups -OCH3 is 1. The number of ether oxygens (including phenoxy) is 1. The highest BCUT2D eigenvalue weighted by atomic mass is 16.5. The molecule has 0 radical (unpaired) electrons. The molecule has 0 fully saturated rings. The molecule has 0 atom stereocenters. The lowest BCUT2D eigenvalue weighted by Gasteiger charge is -2.11. The Labute approximate surface area is 138 Å². The van der Waals surface area contributed by atoms with E-state index in [-0.39, 0.29) is 5.56 Å². The third-order valence-corrected chi connectivity index (χ3v) is 3.71. The van der Waals surface area contributed by atoms with E-state index in [0.717, 1.165) is 11.1 Å². The summed E-state index contributed by atoms with van der Waals surface area (Å²) in [5.74, 6) is 0.00444. The van der Waals surface area contributed by atoms with Crippen molar-refractivity contribution < 1.29 is 9.53 Å². The first-order chi connectivity index (χ1) is 11.5. The number of nitrogens with zero attached hydrogens (tertiary/aromatic N) is 2. The Bertz CT molecular complexity index is 992. The molecule has 0 bridgehead atoms. The Hall–Kier alpha value is -3.15. The Morgan fingerprint density at radius 2 is 1.92 bits per heavy atom. The number of amides is 1. The summed E-state index contributed by atoms with van der Waals surface area (Å²) >= 11 is 0. The first kappa shape index (κ1) is 15.7. The summed E-state index contributed by atoms with van der Waals surface area (Å²) in [6, 6.07) is 9.00. The summed E-state index contributed by atoms with van der Waals surface area (Å²) in [5.41, 5.74) is 2.53. The molecule has 122 valence electrons. The molecule has 0 saturated carbocycles. The number of aromatic nitrogens is 2. The van der Waals surface area contributed by atoms with Crippen LogP contribution in [0.25, 0.3) is 5.65 Å². The summed E-state index contributed by atoms with van der Waals surface area (Å²) in [6.07, 6.45) is 2.92. The molecule has 0 unspecified atom stereocenters. The highest BCUT2D eigenvalue weighted by Crippen LogP contribution is 2.25. The van der Waals surface area contributed by atoms with E-state index in [4.69, 9.17) is 4.74 Å². The number of nitrogens with one attached hydrogen (secondary N) is 1. The van der Waals surface area contributed by atoms with Crippen molar-refractivity contribution in [2.45, 2.75) is 13.8 Å². The fourth-order valence-corrected chi connectivity index (χ4v) is 2.44. The van der Waals surface area contributed by atoms with Crippen molar-refractivity contribution in [3.8, 4) is 5.75 Å². The van der Waals surface area contributed by atoms with Gasteiger partial charge in [0.1, 0.15) is 17.0 Å². The Morgan fingerprint density at radius 3 is 2.67 bits per heavy atom. The van der Waals surface area contributed by atoms with E-state index in [1.807, 2.05) is 19.9 Å². The molecule has 3 rings (SSSR count). The van der Waals surface area contributed by atoms with Crippen molar-refractivity contribution in [1.29, 1.82) is 0 Å². The molecule has 1 aromatic carbocycles. The third kappa shape index (κ3) is 2.86. The number of hydrogen-bond donors (Lipinski definition) is 1. The van der Waals surface area contributed by atoms with Crippen LogP contribution >= 0.6 is 0 Å². The van der Waals surface area contributed by atoms with Gasteiger partial charge in [0, 0.05) is 12.4 Å². The minimum atomic E-state index is -0.522. The number of fused-ring (bicyclic) bond motifs is 1. The molecule has 1 amide bonds. The minimum Gasteiger partial charge on any atom is -0.495 e. The summed E-state index contributed by atoms with van der Waals surface area (Å²) < 4.78 is 6.59. The molecule has 6 nitrogen and oxygen atoms in total. The predicted molar refractivity (Wildman–Crippen MR) is 91.9 cm³/mol. The third-order valence-electron chi connectivity index (χ3n) is 3.71. The van der Waals surface area contributed by atoms with Crippen LogP contribution in [0, 0.1) is 13.8 Å². The van der Waals surface area contributed by atoms with Gasteiger partial charge in [-0.1, -0.05) is 6.07 Å². The van der Waals surface area contributed by atoms with E-state index in [9.17, 15) is 9.59 Å². The molecule has 0 aliphatic carbocycles. The Kier molecular flexibility index (Phi) is 4.04. The molecule has 0 aliphatic heterocycles. The van der Waals surface area contributed by atoms with Crippen LogP contribution in [-0.4, -0.2) is 22.4 Å². The lowest BCUT2D eigenvalue weighted by molar-refractivity contribution is 0.102. The molecule has 24 heavy (non-hydrogen) atoms. The van der Waals surface area contributed by atoms with Gasteiger partial charge < -0.3 is 10.1 Å². The SMILES string of the molecule is COc1ccc(C)cc1NC(=O)c1cnc2cc(C)ccn2c1=O. The maximum absolute atomic E-state index is 12.5. The number of benzene rings is 1. The predicted octanol–water partition coefficient (Wildman–Crippen LogP) is 2.57. The second kappa shape index (κ2) is 6.16. The van der Waals surface area contributed by atoms with Gasteiger partial charge in [-0.2, -0.15) is 0 Å². The van der Waals surface area contributed by atoms with Crippen molar-refractivity contribution in [3.05, 3.63) is 69.8 Å². The van der Waals surface area contributed by atoms with Gasteiger partial charge in [0.25, 0.3) is 11.5 Å². The zero-order valence-electron chi connectivity index (χ0n) is 13.7. The van der Waals surface area contributed by atoms with Gasteiger partial charge in [-0.3, -0.25) is 14.0 Å². The number of pyridine rings is 1. The van der Waals surface area contributed by atoms with E-state index in [1.54, 1.807) is 30.5 Å². The van der Waals surface area contributed by atoms with Crippen LogP contribution < -0.4 is 15.6 Å². The maximum atomic E-state index is 12.5. The smallest absolute Gasteiger partial charge is 0.270 e. The topological polar surface area (TPSA) is 72.7 Å².